The topological polar surface area (TPSA) is 68.6 Å². The lowest BCUT2D eigenvalue weighted by atomic mass is 10.1. The summed E-state index contributed by atoms with van der Waals surface area (Å²) in [5.74, 6) is -1.28. The van der Waals surface area contributed by atoms with E-state index in [2.05, 4.69) is 9.47 Å². The van der Waals surface area contributed by atoms with Crippen molar-refractivity contribution in [1.29, 1.82) is 5.26 Å². The summed E-state index contributed by atoms with van der Waals surface area (Å²) in [6.45, 7) is -3.13. The van der Waals surface area contributed by atoms with E-state index in [1.54, 1.807) is 6.07 Å². The molecule has 96 valence electrons. The molecule has 5 nitrogen and oxygen atoms in total. The van der Waals surface area contributed by atoms with E-state index in [0.29, 0.717) is 0 Å². The fraction of sp³-hybridized carbons (Fsp3) is 0.273. The van der Waals surface area contributed by atoms with Gasteiger partial charge in [0.15, 0.2) is 0 Å². The van der Waals surface area contributed by atoms with Crippen LogP contribution in [-0.2, 0) is 4.74 Å². The van der Waals surface area contributed by atoms with Crippen LogP contribution in [0.2, 0.25) is 0 Å². The van der Waals surface area contributed by atoms with Crippen LogP contribution < -0.4 is 9.47 Å². The van der Waals surface area contributed by atoms with E-state index in [0.717, 1.165) is 13.2 Å². The molecule has 0 aliphatic rings. The van der Waals surface area contributed by atoms with Crippen LogP contribution in [0.4, 0.5) is 8.78 Å². The maximum atomic E-state index is 12.2. The largest absolute Gasteiger partial charge is 0.497 e. The summed E-state index contributed by atoms with van der Waals surface area (Å²) in [7, 11) is 2.36. The molecule has 0 radical (unpaired) electrons. The number of hydrogen-bond donors (Lipinski definition) is 0. The van der Waals surface area contributed by atoms with E-state index in [9.17, 15) is 13.6 Å². The van der Waals surface area contributed by atoms with Gasteiger partial charge in [0, 0.05) is 6.07 Å². The van der Waals surface area contributed by atoms with Gasteiger partial charge in [-0.15, -0.1) is 0 Å². The summed E-state index contributed by atoms with van der Waals surface area (Å²) in [5.41, 5.74) is -0.530. The van der Waals surface area contributed by atoms with Crippen molar-refractivity contribution in [1.82, 2.24) is 0 Å². The second-order valence-electron chi connectivity index (χ2n) is 3.03. The number of nitriles is 1. The molecule has 7 heteroatoms. The Morgan fingerprint density at radius 3 is 2.50 bits per heavy atom. The fourth-order valence-corrected chi connectivity index (χ4v) is 1.30. The number of methoxy groups -OCH3 is 2. The summed E-state index contributed by atoms with van der Waals surface area (Å²) in [4.78, 5) is 11.5. The van der Waals surface area contributed by atoms with Crippen LogP contribution in [0.15, 0.2) is 12.1 Å². The molecule has 1 aromatic rings. The molecule has 0 aromatic heterocycles. The average Bonchev–Trinajstić information content (AvgIpc) is 2.36. The number of esters is 1. The van der Waals surface area contributed by atoms with Gasteiger partial charge in [0.1, 0.15) is 23.1 Å². The molecule has 0 amide bonds. The highest BCUT2D eigenvalue weighted by Crippen LogP contribution is 2.30. The zero-order valence-corrected chi connectivity index (χ0v) is 9.57. The summed E-state index contributed by atoms with van der Waals surface area (Å²) in [6.07, 6.45) is 0. The van der Waals surface area contributed by atoms with Crippen molar-refractivity contribution in [2.24, 2.45) is 0 Å². The highest BCUT2D eigenvalue weighted by molar-refractivity contribution is 5.95. The van der Waals surface area contributed by atoms with Crippen molar-refractivity contribution in [3.05, 3.63) is 23.3 Å². The molecule has 1 aromatic carbocycles. The van der Waals surface area contributed by atoms with Gasteiger partial charge in [-0.3, -0.25) is 0 Å². The Balaban J connectivity index is 3.43. The second kappa shape index (κ2) is 5.82. The standard InChI is InChI=1S/C11H9F2NO4/c1-16-7-3-6(5-14)9(10(15)17-2)8(4-7)18-11(12)13/h3-4,11H,1-2H3. The molecule has 0 heterocycles. The minimum atomic E-state index is -3.13. The summed E-state index contributed by atoms with van der Waals surface area (Å²) in [6, 6.07) is 4.00. The van der Waals surface area contributed by atoms with Crippen LogP contribution in [-0.4, -0.2) is 26.8 Å². The van der Waals surface area contributed by atoms with E-state index < -0.39 is 18.3 Å². The molecule has 0 N–H and O–H groups in total. The third kappa shape index (κ3) is 2.85. The van der Waals surface area contributed by atoms with Gasteiger partial charge in [-0.1, -0.05) is 0 Å². The van der Waals surface area contributed by atoms with Crippen molar-refractivity contribution < 1.29 is 27.8 Å². The predicted octanol–water partition coefficient (Wildman–Crippen LogP) is 1.95. The Labute approximate surface area is 101 Å². The van der Waals surface area contributed by atoms with Crippen molar-refractivity contribution in [3.8, 4) is 17.6 Å². The molecule has 0 bridgehead atoms. The van der Waals surface area contributed by atoms with E-state index in [1.807, 2.05) is 0 Å². The monoisotopic (exact) mass is 257 g/mol. The van der Waals surface area contributed by atoms with E-state index in [1.165, 1.54) is 13.2 Å². The van der Waals surface area contributed by atoms with Crippen LogP contribution >= 0.6 is 0 Å². The van der Waals surface area contributed by atoms with E-state index in [4.69, 9.17) is 10.00 Å². The van der Waals surface area contributed by atoms with Crippen LogP contribution in [0.5, 0.6) is 11.5 Å². The predicted molar refractivity (Wildman–Crippen MR) is 55.7 cm³/mol. The number of carbonyl (C=O) groups excluding carboxylic acids is 1. The van der Waals surface area contributed by atoms with Crippen LogP contribution in [0.25, 0.3) is 0 Å². The van der Waals surface area contributed by atoms with E-state index in [-0.39, 0.29) is 16.9 Å². The van der Waals surface area contributed by atoms with Crippen molar-refractivity contribution >= 4 is 5.97 Å². The number of benzene rings is 1. The third-order valence-corrected chi connectivity index (χ3v) is 2.04. The fourth-order valence-electron chi connectivity index (χ4n) is 1.30. The highest BCUT2D eigenvalue weighted by atomic mass is 19.3. The van der Waals surface area contributed by atoms with Crippen molar-refractivity contribution in [2.75, 3.05) is 14.2 Å². The number of alkyl halides is 2. The molecule has 1 rings (SSSR count). The Bertz CT molecular complexity index is 497. The van der Waals surface area contributed by atoms with Crippen LogP contribution in [0.1, 0.15) is 15.9 Å². The number of hydrogen-bond acceptors (Lipinski definition) is 5. The molecule has 0 saturated carbocycles. The number of carbonyl (C=O) groups is 1. The molecule has 0 aliphatic heterocycles. The third-order valence-electron chi connectivity index (χ3n) is 2.04. The molecule has 0 aliphatic carbocycles. The van der Waals surface area contributed by atoms with Gasteiger partial charge in [0.2, 0.25) is 0 Å². The maximum absolute atomic E-state index is 12.2. The molecular weight excluding hydrogens is 248 g/mol. The SMILES string of the molecule is COC(=O)c1c(C#N)cc(OC)cc1OC(F)F. The number of nitrogens with zero attached hydrogens (tertiary/aromatic N) is 1. The molecule has 18 heavy (non-hydrogen) atoms. The van der Waals surface area contributed by atoms with Crippen molar-refractivity contribution in [3.63, 3.8) is 0 Å². The summed E-state index contributed by atoms with van der Waals surface area (Å²) >= 11 is 0. The first-order valence-electron chi connectivity index (χ1n) is 4.68. The van der Waals surface area contributed by atoms with Gasteiger partial charge in [-0.2, -0.15) is 14.0 Å². The minimum absolute atomic E-state index is 0.120. The summed E-state index contributed by atoms with van der Waals surface area (Å²) < 4.78 is 37.9. The minimum Gasteiger partial charge on any atom is -0.497 e. The smallest absolute Gasteiger partial charge is 0.387 e. The molecular formula is C11H9F2NO4. The molecule has 0 fully saturated rings. The Kier molecular flexibility index (Phi) is 4.43. The van der Waals surface area contributed by atoms with Gasteiger partial charge >= 0.3 is 12.6 Å². The quantitative estimate of drug-likeness (QED) is 0.771. The summed E-state index contributed by atoms with van der Waals surface area (Å²) in [5, 5.41) is 8.88. The van der Waals surface area contributed by atoms with E-state index >= 15 is 0 Å². The molecule has 0 atom stereocenters. The van der Waals surface area contributed by atoms with Crippen LogP contribution in [0, 0.1) is 11.3 Å². The maximum Gasteiger partial charge on any atom is 0.387 e. The Morgan fingerprint density at radius 1 is 1.39 bits per heavy atom. The highest BCUT2D eigenvalue weighted by Gasteiger charge is 2.22. The number of rotatable bonds is 4. The zero-order chi connectivity index (χ0) is 13.7. The first-order chi connectivity index (χ1) is 8.53. The van der Waals surface area contributed by atoms with Gasteiger partial charge in [-0.05, 0) is 6.07 Å². The zero-order valence-electron chi connectivity index (χ0n) is 9.57. The first kappa shape index (κ1) is 13.7. The molecule has 0 spiro atoms. The van der Waals surface area contributed by atoms with Gasteiger partial charge < -0.3 is 14.2 Å². The van der Waals surface area contributed by atoms with Gasteiger partial charge in [0.25, 0.3) is 0 Å². The van der Waals surface area contributed by atoms with Gasteiger partial charge in [-0.25, -0.2) is 4.79 Å². The van der Waals surface area contributed by atoms with Gasteiger partial charge in [0.05, 0.1) is 19.8 Å². The Hall–Kier alpha value is -2.36. The number of halogens is 2. The number of ether oxygens (including phenoxy) is 3. The normalized spacial score (nSPS) is 9.78. The lowest BCUT2D eigenvalue weighted by molar-refractivity contribution is -0.0505. The lowest BCUT2D eigenvalue weighted by Gasteiger charge is -2.12. The second-order valence-corrected chi connectivity index (χ2v) is 3.03. The first-order valence-corrected chi connectivity index (χ1v) is 4.68. The lowest BCUT2D eigenvalue weighted by Crippen LogP contribution is -2.11. The average molecular weight is 257 g/mol. The molecule has 0 unspecified atom stereocenters. The van der Waals surface area contributed by atoms with Crippen molar-refractivity contribution in [2.45, 2.75) is 6.61 Å². The van der Waals surface area contributed by atoms with Crippen LogP contribution in [0.3, 0.4) is 0 Å². The Morgan fingerprint density at radius 2 is 2.06 bits per heavy atom. The molecule has 0 saturated heterocycles.